The lowest BCUT2D eigenvalue weighted by atomic mass is 10.1. The molecular formula is C15H35N3. The Morgan fingerprint density at radius 1 is 0.722 bits per heavy atom. The van der Waals surface area contributed by atoms with Crippen molar-refractivity contribution < 1.29 is 0 Å². The van der Waals surface area contributed by atoms with Crippen LogP contribution in [0, 0.1) is 0 Å². The monoisotopic (exact) mass is 257 g/mol. The Morgan fingerprint density at radius 3 is 1.94 bits per heavy atom. The summed E-state index contributed by atoms with van der Waals surface area (Å²) in [7, 11) is 0. The van der Waals surface area contributed by atoms with Crippen LogP contribution in [0.15, 0.2) is 0 Å². The van der Waals surface area contributed by atoms with Gasteiger partial charge in [0.05, 0.1) is 0 Å². The lowest BCUT2D eigenvalue weighted by Gasteiger charge is -2.17. The highest BCUT2D eigenvalue weighted by molar-refractivity contribution is 4.66. The third-order valence-electron chi connectivity index (χ3n) is 3.18. The summed E-state index contributed by atoms with van der Waals surface area (Å²) in [5.74, 6) is 0. The van der Waals surface area contributed by atoms with Crippen LogP contribution in [-0.4, -0.2) is 37.8 Å². The van der Waals surface area contributed by atoms with E-state index in [9.17, 15) is 0 Å². The molecule has 3 nitrogen and oxygen atoms in total. The van der Waals surface area contributed by atoms with E-state index in [0.29, 0.717) is 18.1 Å². The molecule has 0 aromatic carbocycles. The fourth-order valence-corrected chi connectivity index (χ4v) is 1.94. The van der Waals surface area contributed by atoms with E-state index >= 15 is 0 Å². The van der Waals surface area contributed by atoms with Crippen LogP contribution in [0.1, 0.15) is 60.3 Å². The molecule has 0 aliphatic carbocycles. The summed E-state index contributed by atoms with van der Waals surface area (Å²) in [6, 6.07) is 1.88. The molecule has 2 unspecified atom stereocenters. The minimum Gasteiger partial charge on any atom is -0.314 e. The Labute approximate surface area is 114 Å². The van der Waals surface area contributed by atoms with E-state index in [1.165, 1.54) is 25.7 Å². The van der Waals surface area contributed by atoms with Crippen LogP contribution in [0.25, 0.3) is 0 Å². The molecule has 0 heterocycles. The molecule has 110 valence electrons. The van der Waals surface area contributed by atoms with Gasteiger partial charge in [-0.1, -0.05) is 20.8 Å². The smallest absolute Gasteiger partial charge is 0.00508 e. The minimum atomic E-state index is 0.600. The van der Waals surface area contributed by atoms with Crippen molar-refractivity contribution >= 4 is 0 Å². The van der Waals surface area contributed by atoms with Gasteiger partial charge in [-0.05, 0) is 59.2 Å². The van der Waals surface area contributed by atoms with E-state index in [4.69, 9.17) is 0 Å². The molecule has 0 saturated heterocycles. The molecule has 3 N–H and O–H groups in total. The molecule has 0 aliphatic heterocycles. The van der Waals surface area contributed by atoms with Gasteiger partial charge >= 0.3 is 0 Å². The van der Waals surface area contributed by atoms with Crippen LogP contribution in [-0.2, 0) is 0 Å². The van der Waals surface area contributed by atoms with Gasteiger partial charge in [-0.2, -0.15) is 0 Å². The zero-order chi connectivity index (χ0) is 13.8. The van der Waals surface area contributed by atoms with Gasteiger partial charge in [0.1, 0.15) is 0 Å². The molecule has 0 aliphatic rings. The standard InChI is InChI=1S/C15H35N3/c1-6-10-17-14(4)8-7-11-18-15(5)9-12-16-13(2)3/h13-18H,6-12H2,1-5H3. The van der Waals surface area contributed by atoms with Crippen LogP contribution < -0.4 is 16.0 Å². The van der Waals surface area contributed by atoms with Gasteiger partial charge in [0.2, 0.25) is 0 Å². The minimum absolute atomic E-state index is 0.600. The highest BCUT2D eigenvalue weighted by Crippen LogP contribution is 1.97. The van der Waals surface area contributed by atoms with Gasteiger partial charge in [0.25, 0.3) is 0 Å². The Kier molecular flexibility index (Phi) is 11.9. The fraction of sp³-hybridized carbons (Fsp3) is 1.00. The third-order valence-corrected chi connectivity index (χ3v) is 3.18. The summed E-state index contributed by atoms with van der Waals surface area (Å²) in [5, 5.41) is 10.6. The Morgan fingerprint density at radius 2 is 1.33 bits per heavy atom. The first-order valence-electron chi connectivity index (χ1n) is 7.76. The first-order chi connectivity index (χ1) is 8.56. The first-order valence-corrected chi connectivity index (χ1v) is 7.76. The lowest BCUT2D eigenvalue weighted by Crippen LogP contribution is -2.33. The summed E-state index contributed by atoms with van der Waals surface area (Å²) in [6.07, 6.45) is 4.97. The van der Waals surface area contributed by atoms with Crippen LogP contribution in [0.4, 0.5) is 0 Å². The maximum absolute atomic E-state index is 3.60. The molecule has 0 fully saturated rings. The van der Waals surface area contributed by atoms with Crippen LogP contribution in [0.3, 0.4) is 0 Å². The van der Waals surface area contributed by atoms with Crippen molar-refractivity contribution in [3.8, 4) is 0 Å². The molecule has 18 heavy (non-hydrogen) atoms. The predicted octanol–water partition coefficient (Wildman–Crippen LogP) is 2.52. The molecule has 0 aromatic rings. The number of nitrogens with one attached hydrogen (secondary N) is 3. The molecule has 0 aromatic heterocycles. The van der Waals surface area contributed by atoms with Crippen molar-refractivity contribution in [1.29, 1.82) is 0 Å². The van der Waals surface area contributed by atoms with Gasteiger partial charge in [0, 0.05) is 18.1 Å². The van der Waals surface area contributed by atoms with E-state index in [2.05, 4.69) is 50.6 Å². The molecule has 0 saturated carbocycles. The summed E-state index contributed by atoms with van der Waals surface area (Å²) >= 11 is 0. The SMILES string of the molecule is CCCNC(C)CCCNC(C)CCNC(C)C. The summed E-state index contributed by atoms with van der Waals surface area (Å²) in [5.41, 5.74) is 0. The largest absolute Gasteiger partial charge is 0.314 e. The van der Waals surface area contributed by atoms with E-state index < -0.39 is 0 Å². The van der Waals surface area contributed by atoms with Crippen molar-refractivity contribution in [2.75, 3.05) is 19.6 Å². The van der Waals surface area contributed by atoms with Crippen molar-refractivity contribution in [2.45, 2.75) is 78.4 Å². The molecule has 0 spiro atoms. The zero-order valence-corrected chi connectivity index (χ0v) is 13.2. The molecule has 2 atom stereocenters. The van der Waals surface area contributed by atoms with Crippen molar-refractivity contribution in [2.24, 2.45) is 0 Å². The second-order valence-electron chi connectivity index (χ2n) is 5.75. The van der Waals surface area contributed by atoms with Gasteiger partial charge in [-0.15, -0.1) is 0 Å². The average Bonchev–Trinajstić information content (AvgIpc) is 2.31. The third kappa shape index (κ3) is 12.3. The highest BCUT2D eigenvalue weighted by Gasteiger charge is 2.03. The second kappa shape index (κ2) is 11.9. The maximum Gasteiger partial charge on any atom is 0.00508 e. The Hall–Kier alpha value is -0.120. The van der Waals surface area contributed by atoms with Crippen molar-refractivity contribution in [1.82, 2.24) is 16.0 Å². The molecule has 0 radical (unpaired) electrons. The van der Waals surface area contributed by atoms with E-state index in [1.54, 1.807) is 0 Å². The predicted molar refractivity (Wildman–Crippen MR) is 82.2 cm³/mol. The van der Waals surface area contributed by atoms with Crippen LogP contribution in [0.2, 0.25) is 0 Å². The quantitative estimate of drug-likeness (QED) is 0.470. The molecule has 3 heteroatoms. The number of hydrogen-bond acceptors (Lipinski definition) is 3. The summed E-state index contributed by atoms with van der Waals surface area (Å²) in [6.45, 7) is 14.6. The number of rotatable bonds is 12. The summed E-state index contributed by atoms with van der Waals surface area (Å²) in [4.78, 5) is 0. The Balaban J connectivity index is 3.31. The normalized spacial score (nSPS) is 15.0. The molecular weight excluding hydrogens is 222 g/mol. The van der Waals surface area contributed by atoms with E-state index in [0.717, 1.165) is 19.6 Å². The van der Waals surface area contributed by atoms with Gasteiger partial charge in [0.15, 0.2) is 0 Å². The van der Waals surface area contributed by atoms with Gasteiger partial charge in [-0.25, -0.2) is 0 Å². The molecule has 0 bridgehead atoms. The van der Waals surface area contributed by atoms with Crippen LogP contribution >= 0.6 is 0 Å². The second-order valence-corrected chi connectivity index (χ2v) is 5.75. The molecule has 0 rings (SSSR count). The highest BCUT2D eigenvalue weighted by atomic mass is 14.9. The lowest BCUT2D eigenvalue weighted by molar-refractivity contribution is 0.445. The topological polar surface area (TPSA) is 36.1 Å². The van der Waals surface area contributed by atoms with Gasteiger partial charge < -0.3 is 16.0 Å². The maximum atomic E-state index is 3.60. The average molecular weight is 257 g/mol. The first kappa shape index (κ1) is 17.9. The van der Waals surface area contributed by atoms with Crippen molar-refractivity contribution in [3.63, 3.8) is 0 Å². The Bertz CT molecular complexity index is 171. The van der Waals surface area contributed by atoms with Gasteiger partial charge in [-0.3, -0.25) is 0 Å². The van der Waals surface area contributed by atoms with Crippen LogP contribution in [0.5, 0.6) is 0 Å². The van der Waals surface area contributed by atoms with Crippen molar-refractivity contribution in [3.05, 3.63) is 0 Å². The number of hydrogen-bond donors (Lipinski definition) is 3. The summed E-state index contributed by atoms with van der Waals surface area (Å²) < 4.78 is 0. The fourth-order valence-electron chi connectivity index (χ4n) is 1.94. The zero-order valence-electron chi connectivity index (χ0n) is 13.2. The van der Waals surface area contributed by atoms with E-state index in [-0.39, 0.29) is 0 Å². The van der Waals surface area contributed by atoms with E-state index in [1.807, 2.05) is 0 Å². The molecule has 0 amide bonds.